The molecule has 3 N–H and O–H groups in total. The molecule has 1 fully saturated rings. The van der Waals surface area contributed by atoms with Gasteiger partial charge in [0, 0.05) is 17.3 Å². The van der Waals surface area contributed by atoms with E-state index in [1.165, 1.54) is 25.1 Å². The predicted octanol–water partition coefficient (Wildman–Crippen LogP) is 5.25. The Morgan fingerprint density at radius 1 is 1.24 bits per heavy atom. The van der Waals surface area contributed by atoms with Gasteiger partial charge in [0.25, 0.3) is 0 Å². The van der Waals surface area contributed by atoms with E-state index in [2.05, 4.69) is 5.32 Å². The maximum Gasteiger partial charge on any atom is 0.418 e. The Morgan fingerprint density at radius 3 is 2.44 bits per heavy atom. The molecule has 0 radical (unpaired) electrons. The zero-order valence-electron chi connectivity index (χ0n) is 13.2. The number of nitrogens with two attached hydrogens (primary N) is 1. The summed E-state index contributed by atoms with van der Waals surface area (Å²) < 4.78 is 58.5. The summed E-state index contributed by atoms with van der Waals surface area (Å²) in [5.41, 5.74) is 5.62. The molecular weight excluding hydrogens is 360 g/mol. The fourth-order valence-corrected chi connectivity index (χ4v) is 3.09. The molecule has 0 aromatic heterocycles. The minimum atomic E-state index is -4.59. The molecular formula is C17H15ClF4N2O. The number of hydrogen-bond acceptors (Lipinski definition) is 3. The summed E-state index contributed by atoms with van der Waals surface area (Å²) in [4.78, 5) is 0. The van der Waals surface area contributed by atoms with Crippen LogP contribution in [0.5, 0.6) is 0 Å². The van der Waals surface area contributed by atoms with Crippen LogP contribution in [0.4, 0.5) is 34.6 Å². The van der Waals surface area contributed by atoms with Gasteiger partial charge in [0.1, 0.15) is 5.82 Å². The monoisotopic (exact) mass is 374 g/mol. The molecule has 0 spiro atoms. The second-order valence-electron chi connectivity index (χ2n) is 5.91. The van der Waals surface area contributed by atoms with E-state index in [1.54, 1.807) is 0 Å². The minimum Gasteiger partial charge on any atom is -0.398 e. The third-order valence-electron chi connectivity index (χ3n) is 4.19. The topological polar surface area (TPSA) is 47.3 Å². The quantitative estimate of drug-likeness (QED) is 0.570. The van der Waals surface area contributed by atoms with Crippen molar-refractivity contribution in [2.24, 2.45) is 0 Å². The molecule has 0 bridgehead atoms. The first-order valence-electron chi connectivity index (χ1n) is 7.48. The largest absolute Gasteiger partial charge is 0.418 e. The van der Waals surface area contributed by atoms with E-state index in [9.17, 15) is 17.6 Å². The highest BCUT2D eigenvalue weighted by Gasteiger charge is 2.38. The Bertz CT molecular complexity index is 819. The van der Waals surface area contributed by atoms with Gasteiger partial charge in [0.15, 0.2) is 0 Å². The molecule has 1 aliphatic heterocycles. The second-order valence-corrected chi connectivity index (χ2v) is 6.32. The van der Waals surface area contributed by atoms with Gasteiger partial charge in [-0.05, 0) is 42.3 Å². The molecule has 1 heterocycles. The van der Waals surface area contributed by atoms with Crippen molar-refractivity contribution in [1.82, 2.24) is 0 Å². The van der Waals surface area contributed by atoms with Crippen molar-refractivity contribution in [1.29, 1.82) is 0 Å². The van der Waals surface area contributed by atoms with Crippen LogP contribution in [0, 0.1) is 12.7 Å². The number of nitrogens with one attached hydrogen (secondary N) is 1. The standard InChI is InChI=1S/C17H15ClF4N2O/c1-8-15(17(20,21)22)13(23)5-11(9-6-25-7-9)16(8)24-14-3-2-10(19)4-12(14)18/h2-5,9,24H,6-7,23H2,1H3. The Kier molecular flexibility index (Phi) is 4.55. The third-order valence-corrected chi connectivity index (χ3v) is 4.50. The first-order chi connectivity index (χ1) is 11.7. The van der Waals surface area contributed by atoms with Gasteiger partial charge in [-0.3, -0.25) is 0 Å². The van der Waals surface area contributed by atoms with Crippen LogP contribution in [0.3, 0.4) is 0 Å². The van der Waals surface area contributed by atoms with Crippen LogP contribution in [0.25, 0.3) is 0 Å². The molecule has 25 heavy (non-hydrogen) atoms. The lowest BCUT2D eigenvalue weighted by atomic mass is 9.90. The van der Waals surface area contributed by atoms with Crippen LogP contribution < -0.4 is 11.1 Å². The number of nitrogen functional groups attached to an aromatic ring is 1. The zero-order valence-corrected chi connectivity index (χ0v) is 13.9. The van der Waals surface area contributed by atoms with Gasteiger partial charge in [0.2, 0.25) is 0 Å². The van der Waals surface area contributed by atoms with E-state index < -0.39 is 17.6 Å². The van der Waals surface area contributed by atoms with Gasteiger partial charge in [-0.1, -0.05) is 11.6 Å². The normalized spacial score (nSPS) is 15.1. The summed E-state index contributed by atoms with van der Waals surface area (Å²) >= 11 is 6.00. The lowest BCUT2D eigenvalue weighted by Gasteiger charge is -2.31. The number of alkyl halides is 3. The predicted molar refractivity (Wildman–Crippen MR) is 88.8 cm³/mol. The second kappa shape index (κ2) is 6.38. The number of rotatable bonds is 3. The molecule has 1 aliphatic rings. The molecule has 0 amide bonds. The van der Waals surface area contributed by atoms with Crippen LogP contribution in [-0.4, -0.2) is 13.2 Å². The van der Waals surface area contributed by atoms with Gasteiger partial charge in [0.05, 0.1) is 29.5 Å². The highest BCUT2D eigenvalue weighted by atomic mass is 35.5. The lowest BCUT2D eigenvalue weighted by molar-refractivity contribution is -0.137. The van der Waals surface area contributed by atoms with E-state index in [4.69, 9.17) is 22.1 Å². The van der Waals surface area contributed by atoms with Crippen LogP contribution in [0.1, 0.15) is 22.6 Å². The van der Waals surface area contributed by atoms with Crippen molar-refractivity contribution >= 4 is 28.7 Å². The fraction of sp³-hybridized carbons (Fsp3) is 0.294. The van der Waals surface area contributed by atoms with E-state index in [0.717, 1.165) is 6.07 Å². The number of benzene rings is 2. The first-order valence-corrected chi connectivity index (χ1v) is 7.86. The van der Waals surface area contributed by atoms with E-state index in [0.29, 0.717) is 24.5 Å². The van der Waals surface area contributed by atoms with Gasteiger partial charge in [-0.2, -0.15) is 13.2 Å². The van der Waals surface area contributed by atoms with Crippen molar-refractivity contribution in [3.05, 3.63) is 51.8 Å². The molecule has 1 saturated heterocycles. The average molecular weight is 375 g/mol. The Hall–Kier alpha value is -1.99. The molecule has 8 heteroatoms. The van der Waals surface area contributed by atoms with Crippen molar-refractivity contribution in [2.45, 2.75) is 19.0 Å². The SMILES string of the molecule is Cc1c(Nc2ccc(F)cc2Cl)c(C2COC2)cc(N)c1C(F)(F)F. The molecule has 2 aromatic carbocycles. The smallest absolute Gasteiger partial charge is 0.398 e. The molecule has 134 valence electrons. The molecule has 3 rings (SSSR count). The summed E-state index contributed by atoms with van der Waals surface area (Å²) in [5.74, 6) is -0.599. The molecule has 0 saturated carbocycles. The highest BCUT2D eigenvalue weighted by Crippen LogP contribution is 2.44. The zero-order chi connectivity index (χ0) is 18.4. The van der Waals surface area contributed by atoms with Gasteiger partial charge >= 0.3 is 6.18 Å². The van der Waals surface area contributed by atoms with Gasteiger partial charge in [-0.15, -0.1) is 0 Å². The summed E-state index contributed by atoms with van der Waals surface area (Å²) in [5, 5.41) is 2.99. The van der Waals surface area contributed by atoms with E-state index in [1.807, 2.05) is 0 Å². The van der Waals surface area contributed by atoms with Crippen LogP contribution >= 0.6 is 11.6 Å². The lowest BCUT2D eigenvalue weighted by Crippen LogP contribution is -2.27. The third kappa shape index (κ3) is 3.39. The van der Waals surface area contributed by atoms with E-state index in [-0.39, 0.29) is 27.9 Å². The molecule has 2 aromatic rings. The summed E-state index contributed by atoms with van der Waals surface area (Å²) in [6.07, 6.45) is -4.59. The maximum atomic E-state index is 13.4. The van der Waals surface area contributed by atoms with Crippen molar-refractivity contribution in [2.75, 3.05) is 24.3 Å². The number of hydrogen-bond donors (Lipinski definition) is 2. The molecule has 3 nitrogen and oxygen atoms in total. The van der Waals surface area contributed by atoms with Crippen LogP contribution in [-0.2, 0) is 10.9 Å². The Labute approximate surface area is 146 Å². The minimum absolute atomic E-state index is 0.0326. The number of anilines is 3. The van der Waals surface area contributed by atoms with Crippen molar-refractivity contribution in [3.8, 4) is 0 Å². The number of ether oxygens (including phenoxy) is 1. The van der Waals surface area contributed by atoms with Crippen molar-refractivity contribution in [3.63, 3.8) is 0 Å². The highest BCUT2D eigenvalue weighted by molar-refractivity contribution is 6.33. The summed E-state index contributed by atoms with van der Waals surface area (Å²) in [7, 11) is 0. The first kappa shape index (κ1) is 17.8. The Balaban J connectivity index is 2.14. The molecule has 0 atom stereocenters. The van der Waals surface area contributed by atoms with Crippen LogP contribution in [0.2, 0.25) is 5.02 Å². The summed E-state index contributed by atoms with van der Waals surface area (Å²) in [6.45, 7) is 2.15. The molecule has 0 unspecified atom stereocenters. The number of halogens is 5. The average Bonchev–Trinajstić information content (AvgIpc) is 2.41. The maximum absolute atomic E-state index is 13.4. The van der Waals surface area contributed by atoms with E-state index >= 15 is 0 Å². The molecule has 0 aliphatic carbocycles. The van der Waals surface area contributed by atoms with Crippen LogP contribution in [0.15, 0.2) is 24.3 Å². The van der Waals surface area contributed by atoms with Gasteiger partial charge in [-0.25, -0.2) is 4.39 Å². The van der Waals surface area contributed by atoms with Gasteiger partial charge < -0.3 is 15.8 Å². The van der Waals surface area contributed by atoms with Crippen molar-refractivity contribution < 1.29 is 22.3 Å². The Morgan fingerprint density at radius 2 is 1.92 bits per heavy atom. The summed E-state index contributed by atoms with van der Waals surface area (Å²) in [6, 6.07) is 4.97. The fourth-order valence-electron chi connectivity index (χ4n) is 2.87.